The van der Waals surface area contributed by atoms with Gasteiger partial charge in [-0.15, -0.1) is 0 Å². The van der Waals surface area contributed by atoms with Gasteiger partial charge in [0.2, 0.25) is 0 Å². The Bertz CT molecular complexity index is 970. The largest absolute Gasteiger partial charge is 0.497 e. The van der Waals surface area contributed by atoms with Gasteiger partial charge in [0.25, 0.3) is 0 Å². The lowest BCUT2D eigenvalue weighted by Crippen LogP contribution is -1.89. The van der Waals surface area contributed by atoms with Crippen LogP contribution >= 0.6 is 0 Å². The summed E-state index contributed by atoms with van der Waals surface area (Å²) in [5.41, 5.74) is 4.08. The van der Waals surface area contributed by atoms with Crippen LogP contribution in [0.25, 0.3) is 24.3 Å². The molecule has 4 heteroatoms. The minimum absolute atomic E-state index is 0.791. The third-order valence-electron chi connectivity index (χ3n) is 4.70. The molecule has 154 valence electrons. The van der Waals surface area contributed by atoms with E-state index in [4.69, 9.17) is 18.9 Å². The lowest BCUT2D eigenvalue weighted by atomic mass is 10.1. The van der Waals surface area contributed by atoms with Crippen molar-refractivity contribution in [2.75, 3.05) is 28.4 Å². The minimum Gasteiger partial charge on any atom is -0.497 e. The Morgan fingerprint density at radius 1 is 0.500 bits per heavy atom. The summed E-state index contributed by atoms with van der Waals surface area (Å²) in [6.07, 6.45) is 8.16. The van der Waals surface area contributed by atoms with E-state index >= 15 is 0 Å². The van der Waals surface area contributed by atoms with Gasteiger partial charge >= 0.3 is 0 Å². The summed E-state index contributed by atoms with van der Waals surface area (Å²) in [6.45, 7) is 0. The molecule has 3 rings (SSSR count). The second kappa shape index (κ2) is 10.2. The summed E-state index contributed by atoms with van der Waals surface area (Å²) in [6, 6.07) is 19.8. The first-order valence-electron chi connectivity index (χ1n) is 9.57. The number of rotatable bonds is 8. The third-order valence-corrected chi connectivity index (χ3v) is 4.70. The summed E-state index contributed by atoms with van der Waals surface area (Å²) in [4.78, 5) is 0. The average Bonchev–Trinajstić information content (AvgIpc) is 2.81. The number of benzene rings is 3. The van der Waals surface area contributed by atoms with E-state index in [1.807, 2.05) is 54.6 Å². The third kappa shape index (κ3) is 5.23. The minimum atomic E-state index is 0.791. The molecule has 0 amide bonds. The Morgan fingerprint density at radius 3 is 1.37 bits per heavy atom. The van der Waals surface area contributed by atoms with E-state index in [1.165, 1.54) is 0 Å². The van der Waals surface area contributed by atoms with Gasteiger partial charge in [0.15, 0.2) is 0 Å². The van der Waals surface area contributed by atoms with Crippen molar-refractivity contribution in [3.05, 3.63) is 82.9 Å². The zero-order valence-corrected chi connectivity index (χ0v) is 17.7. The zero-order valence-electron chi connectivity index (χ0n) is 17.7. The van der Waals surface area contributed by atoms with Crippen LogP contribution in [0.2, 0.25) is 0 Å². The molecule has 0 atom stereocenters. The Labute approximate surface area is 178 Å². The molecule has 0 heterocycles. The fourth-order valence-corrected chi connectivity index (χ4v) is 3.08. The second-order valence-electron chi connectivity index (χ2n) is 6.55. The molecule has 0 saturated carbocycles. The highest BCUT2D eigenvalue weighted by Gasteiger charge is 2.03. The molecule has 3 aromatic carbocycles. The first-order chi connectivity index (χ1) is 14.7. The second-order valence-corrected chi connectivity index (χ2v) is 6.55. The van der Waals surface area contributed by atoms with Crippen molar-refractivity contribution in [3.63, 3.8) is 0 Å². The van der Waals surface area contributed by atoms with Gasteiger partial charge in [0.05, 0.1) is 28.4 Å². The number of hydrogen-bond donors (Lipinski definition) is 0. The normalized spacial score (nSPS) is 11.1. The van der Waals surface area contributed by atoms with E-state index in [-0.39, 0.29) is 0 Å². The topological polar surface area (TPSA) is 36.9 Å². The van der Waals surface area contributed by atoms with Crippen molar-refractivity contribution in [2.24, 2.45) is 0 Å². The molecule has 0 aromatic heterocycles. The molecule has 0 N–H and O–H groups in total. The van der Waals surface area contributed by atoms with Gasteiger partial charge in [-0.1, -0.05) is 42.5 Å². The Balaban J connectivity index is 1.84. The van der Waals surface area contributed by atoms with Crippen molar-refractivity contribution in [1.82, 2.24) is 0 Å². The van der Waals surface area contributed by atoms with Gasteiger partial charge in [0, 0.05) is 11.1 Å². The van der Waals surface area contributed by atoms with Gasteiger partial charge < -0.3 is 18.9 Å². The first kappa shape index (κ1) is 21.1. The summed E-state index contributed by atoms with van der Waals surface area (Å²) in [5.74, 6) is 3.18. The molecule has 0 saturated heterocycles. The smallest absolute Gasteiger partial charge is 0.126 e. The van der Waals surface area contributed by atoms with Gasteiger partial charge in [-0.2, -0.15) is 0 Å². The zero-order chi connectivity index (χ0) is 21.3. The highest BCUT2D eigenvalue weighted by Crippen LogP contribution is 2.27. The quantitative estimate of drug-likeness (QED) is 0.429. The van der Waals surface area contributed by atoms with E-state index in [0.717, 1.165) is 45.3 Å². The lowest BCUT2D eigenvalue weighted by molar-refractivity contribution is 0.402. The highest BCUT2D eigenvalue weighted by molar-refractivity contribution is 5.77. The fraction of sp³-hybridized carbons (Fsp3) is 0.154. The Hall–Kier alpha value is -3.66. The van der Waals surface area contributed by atoms with Crippen LogP contribution in [0, 0.1) is 0 Å². The first-order valence-corrected chi connectivity index (χ1v) is 9.57. The van der Waals surface area contributed by atoms with E-state index in [0.29, 0.717) is 0 Å². The van der Waals surface area contributed by atoms with Crippen molar-refractivity contribution < 1.29 is 18.9 Å². The molecule has 0 spiro atoms. The fourth-order valence-electron chi connectivity index (χ4n) is 3.08. The molecule has 3 aromatic rings. The molecular formula is C26H26O4. The van der Waals surface area contributed by atoms with Crippen LogP contribution in [0.5, 0.6) is 23.0 Å². The maximum atomic E-state index is 5.45. The summed E-state index contributed by atoms with van der Waals surface area (Å²) < 4.78 is 21.5. The standard InChI is InChI=1S/C26H26O4/c1-27-23-12-14-25(29-3)21(17-23)10-8-19-6-5-7-20(16-19)9-11-22-18-24(28-2)13-15-26(22)30-4/h5-18H,1-4H3/b10-8+,11-9+. The molecule has 0 bridgehead atoms. The van der Waals surface area contributed by atoms with E-state index < -0.39 is 0 Å². The molecular weight excluding hydrogens is 376 g/mol. The molecule has 4 nitrogen and oxygen atoms in total. The van der Waals surface area contributed by atoms with Crippen LogP contribution in [-0.2, 0) is 0 Å². The Morgan fingerprint density at radius 2 is 0.967 bits per heavy atom. The molecule has 0 unspecified atom stereocenters. The molecule has 0 fully saturated rings. The summed E-state index contributed by atoms with van der Waals surface area (Å²) in [7, 11) is 6.64. The van der Waals surface area contributed by atoms with Crippen LogP contribution < -0.4 is 18.9 Å². The lowest BCUT2D eigenvalue weighted by Gasteiger charge is -2.07. The van der Waals surface area contributed by atoms with Gasteiger partial charge in [-0.3, -0.25) is 0 Å². The SMILES string of the molecule is COc1ccc(OC)c(/C=C/c2cccc(/C=C/c3cc(OC)ccc3OC)c2)c1. The van der Waals surface area contributed by atoms with Crippen LogP contribution in [0.3, 0.4) is 0 Å². The molecule has 0 aliphatic carbocycles. The molecule has 0 aliphatic heterocycles. The van der Waals surface area contributed by atoms with E-state index in [2.05, 4.69) is 30.4 Å². The predicted molar refractivity (Wildman–Crippen MR) is 123 cm³/mol. The van der Waals surface area contributed by atoms with Gasteiger partial charge in [-0.05, 0) is 53.6 Å². The van der Waals surface area contributed by atoms with Crippen LogP contribution in [0.1, 0.15) is 22.3 Å². The van der Waals surface area contributed by atoms with Crippen LogP contribution in [0.15, 0.2) is 60.7 Å². The Kier molecular flexibility index (Phi) is 7.17. The maximum Gasteiger partial charge on any atom is 0.126 e. The van der Waals surface area contributed by atoms with Gasteiger partial charge in [-0.25, -0.2) is 0 Å². The molecule has 0 radical (unpaired) electrons. The predicted octanol–water partition coefficient (Wildman–Crippen LogP) is 6.06. The molecule has 0 aliphatic rings. The number of hydrogen-bond acceptors (Lipinski definition) is 4. The summed E-state index contributed by atoms with van der Waals surface area (Å²) in [5, 5.41) is 0. The van der Waals surface area contributed by atoms with E-state index in [1.54, 1.807) is 28.4 Å². The van der Waals surface area contributed by atoms with Gasteiger partial charge in [0.1, 0.15) is 23.0 Å². The number of ether oxygens (including phenoxy) is 4. The summed E-state index contributed by atoms with van der Waals surface area (Å²) >= 11 is 0. The average molecular weight is 402 g/mol. The van der Waals surface area contributed by atoms with Crippen molar-refractivity contribution in [3.8, 4) is 23.0 Å². The van der Waals surface area contributed by atoms with E-state index in [9.17, 15) is 0 Å². The molecule has 30 heavy (non-hydrogen) atoms. The number of methoxy groups -OCH3 is 4. The van der Waals surface area contributed by atoms with Crippen LogP contribution in [-0.4, -0.2) is 28.4 Å². The van der Waals surface area contributed by atoms with Crippen molar-refractivity contribution in [1.29, 1.82) is 0 Å². The maximum absolute atomic E-state index is 5.45. The highest BCUT2D eigenvalue weighted by atomic mass is 16.5. The monoisotopic (exact) mass is 402 g/mol. The van der Waals surface area contributed by atoms with Crippen molar-refractivity contribution in [2.45, 2.75) is 0 Å². The van der Waals surface area contributed by atoms with Crippen LogP contribution in [0.4, 0.5) is 0 Å². The van der Waals surface area contributed by atoms with Crippen molar-refractivity contribution >= 4 is 24.3 Å².